The van der Waals surface area contributed by atoms with E-state index in [0.717, 1.165) is 5.69 Å². The normalized spacial score (nSPS) is 8.80. The quantitative estimate of drug-likeness (QED) is 0.386. The number of aromatic nitrogens is 1. The van der Waals surface area contributed by atoms with Crippen molar-refractivity contribution in [1.29, 1.82) is 5.41 Å². The van der Waals surface area contributed by atoms with Crippen molar-refractivity contribution in [3.63, 3.8) is 0 Å². The molecule has 4 nitrogen and oxygen atoms in total. The van der Waals surface area contributed by atoms with E-state index >= 15 is 0 Å². The van der Waals surface area contributed by atoms with E-state index in [1.807, 2.05) is 0 Å². The van der Waals surface area contributed by atoms with Crippen molar-refractivity contribution in [3.8, 4) is 0 Å². The summed E-state index contributed by atoms with van der Waals surface area (Å²) in [7, 11) is 0. The van der Waals surface area contributed by atoms with Gasteiger partial charge >= 0.3 is 0 Å². The zero-order valence-corrected chi connectivity index (χ0v) is 5.33. The molecule has 0 saturated carbocycles. The summed E-state index contributed by atoms with van der Waals surface area (Å²) in [6.45, 7) is 0. The molecule has 0 bridgehead atoms. The van der Waals surface area contributed by atoms with Gasteiger partial charge in [0, 0.05) is 6.20 Å². The van der Waals surface area contributed by atoms with Crippen molar-refractivity contribution < 1.29 is 0 Å². The highest BCUT2D eigenvalue weighted by atomic mass is 15.0. The summed E-state index contributed by atoms with van der Waals surface area (Å²) in [5.74, 6) is -0.0759. The van der Waals surface area contributed by atoms with Gasteiger partial charge in [0.05, 0.1) is 11.9 Å². The Labute approximate surface area is 58.6 Å². The third kappa shape index (κ3) is 1.74. The number of anilines is 1. The van der Waals surface area contributed by atoms with Gasteiger partial charge in [-0.15, -0.1) is 0 Å². The molecule has 0 aliphatic rings. The minimum absolute atomic E-state index is 0.0759. The first-order valence-corrected chi connectivity index (χ1v) is 2.80. The van der Waals surface area contributed by atoms with E-state index < -0.39 is 0 Å². The Morgan fingerprint density at radius 2 is 2.50 bits per heavy atom. The Morgan fingerprint density at radius 3 is 3.00 bits per heavy atom. The number of guanidine groups is 1. The molecule has 0 spiro atoms. The van der Waals surface area contributed by atoms with Gasteiger partial charge in [-0.2, -0.15) is 0 Å². The monoisotopic (exact) mass is 136 g/mol. The van der Waals surface area contributed by atoms with Gasteiger partial charge in [0.25, 0.3) is 0 Å². The first kappa shape index (κ1) is 6.54. The standard InChI is InChI=1S/C6H8N4/c7-6(8)10-5-2-1-3-9-4-5/h1-4H,(H4,7,8,10). The Hall–Kier alpha value is -1.58. The van der Waals surface area contributed by atoms with Gasteiger partial charge in [0.15, 0.2) is 5.96 Å². The van der Waals surface area contributed by atoms with Gasteiger partial charge in [-0.1, -0.05) is 0 Å². The molecule has 1 aromatic rings. The molecule has 1 rings (SSSR count). The van der Waals surface area contributed by atoms with Gasteiger partial charge in [-0.05, 0) is 12.1 Å². The Morgan fingerprint density at radius 1 is 1.70 bits per heavy atom. The lowest BCUT2D eigenvalue weighted by Crippen LogP contribution is -2.20. The molecule has 0 radical (unpaired) electrons. The first-order valence-electron chi connectivity index (χ1n) is 2.80. The van der Waals surface area contributed by atoms with E-state index in [-0.39, 0.29) is 5.96 Å². The lowest BCUT2D eigenvalue weighted by Gasteiger charge is -1.99. The highest BCUT2D eigenvalue weighted by molar-refractivity contribution is 5.89. The third-order valence-corrected chi connectivity index (χ3v) is 0.941. The molecule has 1 heterocycles. The average molecular weight is 136 g/mol. The van der Waals surface area contributed by atoms with E-state index in [2.05, 4.69) is 10.3 Å². The molecule has 4 heteroatoms. The van der Waals surface area contributed by atoms with Crippen LogP contribution in [0.25, 0.3) is 0 Å². The zero-order chi connectivity index (χ0) is 7.40. The fourth-order valence-electron chi connectivity index (χ4n) is 0.592. The fraction of sp³-hybridized carbons (Fsp3) is 0. The van der Waals surface area contributed by atoms with Gasteiger partial charge < -0.3 is 11.1 Å². The van der Waals surface area contributed by atoms with E-state index in [0.29, 0.717) is 0 Å². The predicted octanol–water partition coefficient (Wildman–Crippen LogP) is 0.387. The number of nitrogens with one attached hydrogen (secondary N) is 2. The summed E-state index contributed by atoms with van der Waals surface area (Å²) in [5.41, 5.74) is 5.80. The number of nitrogens with zero attached hydrogens (tertiary/aromatic N) is 1. The van der Waals surface area contributed by atoms with Crippen LogP contribution >= 0.6 is 0 Å². The lowest BCUT2D eigenvalue weighted by molar-refractivity contribution is 1.31. The number of nitrogens with two attached hydrogens (primary N) is 1. The average Bonchev–Trinajstić information content (AvgIpc) is 1.88. The second-order valence-corrected chi connectivity index (χ2v) is 1.78. The van der Waals surface area contributed by atoms with E-state index in [4.69, 9.17) is 11.1 Å². The maximum atomic E-state index is 6.87. The molecule has 1 aromatic heterocycles. The van der Waals surface area contributed by atoms with Gasteiger partial charge in [-0.3, -0.25) is 10.4 Å². The molecular weight excluding hydrogens is 128 g/mol. The van der Waals surface area contributed by atoms with Crippen LogP contribution in [0.2, 0.25) is 0 Å². The minimum Gasteiger partial charge on any atom is -0.370 e. The maximum absolute atomic E-state index is 6.87. The van der Waals surface area contributed by atoms with Crippen molar-refractivity contribution >= 4 is 11.6 Å². The Balaban J connectivity index is 2.67. The maximum Gasteiger partial charge on any atom is 0.190 e. The SMILES string of the molecule is N=C(N)Nc1cccnc1. The summed E-state index contributed by atoms with van der Waals surface area (Å²) in [6.07, 6.45) is 3.26. The van der Waals surface area contributed by atoms with Crippen LogP contribution in [0.1, 0.15) is 0 Å². The molecule has 52 valence electrons. The van der Waals surface area contributed by atoms with Crippen LogP contribution < -0.4 is 11.1 Å². The van der Waals surface area contributed by atoms with E-state index in [1.165, 1.54) is 0 Å². The molecule has 0 saturated heterocycles. The molecule has 10 heavy (non-hydrogen) atoms. The molecule has 0 fully saturated rings. The topological polar surface area (TPSA) is 74.8 Å². The minimum atomic E-state index is -0.0759. The number of hydrogen-bond donors (Lipinski definition) is 3. The van der Waals surface area contributed by atoms with Crippen LogP contribution in [0.15, 0.2) is 24.5 Å². The molecule has 0 aliphatic heterocycles. The second kappa shape index (κ2) is 2.82. The highest BCUT2D eigenvalue weighted by Crippen LogP contribution is 2.00. The fourth-order valence-corrected chi connectivity index (χ4v) is 0.592. The lowest BCUT2D eigenvalue weighted by atomic mass is 10.4. The summed E-state index contributed by atoms with van der Waals surface area (Å²) in [5, 5.41) is 9.47. The van der Waals surface area contributed by atoms with Crippen molar-refractivity contribution in [1.82, 2.24) is 4.98 Å². The second-order valence-electron chi connectivity index (χ2n) is 1.78. The van der Waals surface area contributed by atoms with Crippen LogP contribution in [-0.2, 0) is 0 Å². The number of rotatable bonds is 1. The van der Waals surface area contributed by atoms with Crippen molar-refractivity contribution in [3.05, 3.63) is 24.5 Å². The summed E-state index contributed by atoms with van der Waals surface area (Å²) >= 11 is 0. The first-order chi connectivity index (χ1) is 4.79. The molecular formula is C6H8N4. The molecule has 0 atom stereocenters. The van der Waals surface area contributed by atoms with Gasteiger partial charge in [0.1, 0.15) is 0 Å². The van der Waals surface area contributed by atoms with Crippen molar-refractivity contribution in [2.45, 2.75) is 0 Å². The summed E-state index contributed by atoms with van der Waals surface area (Å²) < 4.78 is 0. The van der Waals surface area contributed by atoms with Crippen LogP contribution in [0.3, 0.4) is 0 Å². The molecule has 0 unspecified atom stereocenters. The van der Waals surface area contributed by atoms with E-state index in [1.54, 1.807) is 24.5 Å². The van der Waals surface area contributed by atoms with E-state index in [9.17, 15) is 0 Å². The highest BCUT2D eigenvalue weighted by Gasteiger charge is 1.88. The Kier molecular flexibility index (Phi) is 1.84. The number of pyridine rings is 1. The largest absolute Gasteiger partial charge is 0.370 e. The van der Waals surface area contributed by atoms with Crippen molar-refractivity contribution in [2.24, 2.45) is 5.73 Å². The van der Waals surface area contributed by atoms with Crippen LogP contribution in [0.4, 0.5) is 5.69 Å². The zero-order valence-electron chi connectivity index (χ0n) is 5.33. The smallest absolute Gasteiger partial charge is 0.190 e. The van der Waals surface area contributed by atoms with Gasteiger partial charge in [0.2, 0.25) is 0 Å². The molecule has 0 aromatic carbocycles. The predicted molar refractivity (Wildman–Crippen MR) is 39.8 cm³/mol. The van der Waals surface area contributed by atoms with Crippen molar-refractivity contribution in [2.75, 3.05) is 5.32 Å². The molecule has 4 N–H and O–H groups in total. The van der Waals surface area contributed by atoms with Gasteiger partial charge in [-0.25, -0.2) is 0 Å². The number of hydrogen-bond acceptors (Lipinski definition) is 2. The van der Waals surface area contributed by atoms with Crippen LogP contribution in [-0.4, -0.2) is 10.9 Å². The van der Waals surface area contributed by atoms with Crippen LogP contribution in [0.5, 0.6) is 0 Å². The molecule has 0 aliphatic carbocycles. The Bertz CT molecular complexity index is 218. The summed E-state index contributed by atoms with van der Waals surface area (Å²) in [6, 6.07) is 3.56. The summed E-state index contributed by atoms with van der Waals surface area (Å²) in [4.78, 5) is 3.82. The van der Waals surface area contributed by atoms with Crippen LogP contribution in [0, 0.1) is 5.41 Å². The molecule has 0 amide bonds. The third-order valence-electron chi connectivity index (χ3n) is 0.941.